The predicted molar refractivity (Wildman–Crippen MR) is 124 cm³/mol. The molecule has 1 aromatic carbocycles. The highest BCUT2D eigenvalue weighted by Crippen LogP contribution is 2.26. The predicted octanol–water partition coefficient (Wildman–Crippen LogP) is 2.83. The number of nitrogens with two attached hydrogens (primary N) is 1. The van der Waals surface area contributed by atoms with Gasteiger partial charge in [-0.05, 0) is 18.1 Å². The molecular formula is C23H22FN7O2. The molecule has 0 saturated heterocycles. The Balaban J connectivity index is 1.52. The SMILES string of the molecule is CNC(=O)c1c(F)cnc2c(CCNc3cc(-c4cnc(OC)c(N)c4)ncn3)cccc12. The molecule has 4 N–H and O–H groups in total. The summed E-state index contributed by atoms with van der Waals surface area (Å²) >= 11 is 0. The van der Waals surface area contributed by atoms with Crippen molar-refractivity contribution < 1.29 is 13.9 Å². The summed E-state index contributed by atoms with van der Waals surface area (Å²) in [5.41, 5.74) is 9.21. The number of halogens is 1. The van der Waals surface area contributed by atoms with Gasteiger partial charge in [0.05, 0.1) is 35.8 Å². The molecule has 0 atom stereocenters. The number of ether oxygens (including phenoxy) is 1. The number of para-hydroxylation sites is 1. The van der Waals surface area contributed by atoms with Crippen molar-refractivity contribution in [1.29, 1.82) is 0 Å². The number of nitrogens with one attached hydrogen (secondary N) is 2. The number of hydrogen-bond acceptors (Lipinski definition) is 8. The van der Waals surface area contributed by atoms with Crippen LogP contribution in [0.1, 0.15) is 15.9 Å². The lowest BCUT2D eigenvalue weighted by Crippen LogP contribution is -2.20. The third-order valence-corrected chi connectivity index (χ3v) is 5.12. The van der Waals surface area contributed by atoms with Crippen LogP contribution in [0.3, 0.4) is 0 Å². The van der Waals surface area contributed by atoms with E-state index in [0.29, 0.717) is 46.9 Å². The van der Waals surface area contributed by atoms with Crippen molar-refractivity contribution in [3.8, 4) is 17.1 Å². The van der Waals surface area contributed by atoms with E-state index in [2.05, 4.69) is 30.6 Å². The largest absolute Gasteiger partial charge is 0.480 e. The highest BCUT2D eigenvalue weighted by molar-refractivity contribution is 6.06. The van der Waals surface area contributed by atoms with Crippen molar-refractivity contribution in [2.75, 3.05) is 31.8 Å². The van der Waals surface area contributed by atoms with Crippen LogP contribution in [0.25, 0.3) is 22.2 Å². The average molecular weight is 447 g/mol. The number of carbonyl (C=O) groups excluding carboxylic acids is 1. The molecule has 4 rings (SSSR count). The molecule has 10 heteroatoms. The van der Waals surface area contributed by atoms with E-state index in [9.17, 15) is 9.18 Å². The summed E-state index contributed by atoms with van der Waals surface area (Å²) in [5, 5.41) is 6.20. The smallest absolute Gasteiger partial charge is 0.254 e. The van der Waals surface area contributed by atoms with Gasteiger partial charge in [-0.3, -0.25) is 9.78 Å². The third kappa shape index (κ3) is 4.49. The number of nitrogens with zero attached hydrogens (tertiary/aromatic N) is 4. The second-order valence-electron chi connectivity index (χ2n) is 7.16. The molecule has 0 aliphatic heterocycles. The van der Waals surface area contributed by atoms with Crippen molar-refractivity contribution in [3.05, 3.63) is 66.0 Å². The molecule has 0 bridgehead atoms. The summed E-state index contributed by atoms with van der Waals surface area (Å²) in [7, 11) is 2.97. The van der Waals surface area contributed by atoms with Crippen molar-refractivity contribution in [3.63, 3.8) is 0 Å². The number of nitrogen functional groups attached to an aromatic ring is 1. The van der Waals surface area contributed by atoms with Gasteiger partial charge in [-0.25, -0.2) is 19.3 Å². The van der Waals surface area contributed by atoms with Gasteiger partial charge in [-0.1, -0.05) is 18.2 Å². The van der Waals surface area contributed by atoms with Crippen molar-refractivity contribution >= 4 is 28.3 Å². The van der Waals surface area contributed by atoms with Crippen molar-refractivity contribution in [2.24, 2.45) is 0 Å². The zero-order chi connectivity index (χ0) is 23.4. The number of benzene rings is 1. The van der Waals surface area contributed by atoms with Crippen LogP contribution in [0.15, 0.2) is 49.1 Å². The fraction of sp³-hybridized carbons (Fsp3) is 0.174. The highest BCUT2D eigenvalue weighted by atomic mass is 19.1. The molecule has 0 aliphatic carbocycles. The average Bonchev–Trinajstić information content (AvgIpc) is 2.83. The molecule has 4 aromatic rings. The summed E-state index contributed by atoms with van der Waals surface area (Å²) in [5.74, 6) is -0.161. The Kier molecular flexibility index (Phi) is 6.25. The van der Waals surface area contributed by atoms with Crippen molar-refractivity contribution in [2.45, 2.75) is 6.42 Å². The van der Waals surface area contributed by atoms with Crippen LogP contribution in [0.5, 0.6) is 5.88 Å². The van der Waals surface area contributed by atoms with Crippen LogP contribution in [-0.2, 0) is 6.42 Å². The van der Waals surface area contributed by atoms with E-state index in [1.807, 2.05) is 6.07 Å². The Morgan fingerprint density at radius 2 is 2.00 bits per heavy atom. The molecule has 0 aliphatic rings. The van der Waals surface area contributed by atoms with Gasteiger partial charge < -0.3 is 21.1 Å². The van der Waals surface area contributed by atoms with E-state index in [-0.39, 0.29) is 5.56 Å². The zero-order valence-electron chi connectivity index (χ0n) is 18.1. The first-order valence-corrected chi connectivity index (χ1v) is 10.2. The van der Waals surface area contributed by atoms with E-state index in [1.54, 1.807) is 30.5 Å². The molecule has 0 fully saturated rings. The van der Waals surface area contributed by atoms with Gasteiger partial charge in [0.2, 0.25) is 5.88 Å². The number of hydrogen-bond donors (Lipinski definition) is 3. The number of amides is 1. The summed E-state index contributed by atoms with van der Waals surface area (Å²) in [6.07, 6.45) is 4.75. The van der Waals surface area contributed by atoms with Crippen LogP contribution in [-0.4, -0.2) is 46.5 Å². The standard InChI is InChI=1S/C23H22FN7O2/c1-26-22(32)20-15-5-3-4-13(21(15)28-11-16(20)24)6-7-27-19-9-18(30-12-31-19)14-8-17(25)23(33-2)29-10-14/h3-5,8-12H,6-7,25H2,1-2H3,(H,26,32)(H,27,30,31). The molecule has 3 aromatic heterocycles. The molecule has 9 nitrogen and oxygen atoms in total. The maximum Gasteiger partial charge on any atom is 0.254 e. The molecule has 0 spiro atoms. The topological polar surface area (TPSA) is 128 Å². The molecule has 0 radical (unpaired) electrons. The first-order valence-electron chi connectivity index (χ1n) is 10.2. The van der Waals surface area contributed by atoms with Gasteiger partial charge in [0.15, 0.2) is 5.82 Å². The first kappa shape index (κ1) is 21.9. The Morgan fingerprint density at radius 3 is 2.76 bits per heavy atom. The molecular weight excluding hydrogens is 425 g/mol. The van der Waals surface area contributed by atoms with E-state index in [1.165, 1.54) is 20.5 Å². The summed E-state index contributed by atoms with van der Waals surface area (Å²) in [6.45, 7) is 0.535. The second-order valence-corrected chi connectivity index (χ2v) is 7.16. The molecule has 0 saturated carbocycles. The van der Waals surface area contributed by atoms with Gasteiger partial charge in [0.1, 0.15) is 12.1 Å². The van der Waals surface area contributed by atoms with E-state index >= 15 is 0 Å². The lowest BCUT2D eigenvalue weighted by molar-refractivity contribution is 0.0961. The molecule has 3 heterocycles. The minimum absolute atomic E-state index is 0.00914. The highest BCUT2D eigenvalue weighted by Gasteiger charge is 2.17. The first-order chi connectivity index (χ1) is 16.0. The van der Waals surface area contributed by atoms with Crippen LogP contribution < -0.4 is 21.1 Å². The van der Waals surface area contributed by atoms with Crippen LogP contribution >= 0.6 is 0 Å². The van der Waals surface area contributed by atoms with Gasteiger partial charge in [0, 0.05) is 36.8 Å². The van der Waals surface area contributed by atoms with Gasteiger partial charge in [-0.2, -0.15) is 0 Å². The van der Waals surface area contributed by atoms with E-state index in [4.69, 9.17) is 10.5 Å². The summed E-state index contributed by atoms with van der Waals surface area (Å²) in [6, 6.07) is 8.92. The molecule has 1 amide bonds. The van der Waals surface area contributed by atoms with Crippen molar-refractivity contribution in [1.82, 2.24) is 25.3 Å². The maximum atomic E-state index is 14.2. The number of anilines is 2. The van der Waals surface area contributed by atoms with Gasteiger partial charge in [-0.15, -0.1) is 0 Å². The Labute approximate surface area is 189 Å². The monoisotopic (exact) mass is 447 g/mol. The van der Waals surface area contributed by atoms with Gasteiger partial charge in [0.25, 0.3) is 5.91 Å². The minimum Gasteiger partial charge on any atom is -0.480 e. The Morgan fingerprint density at radius 1 is 1.15 bits per heavy atom. The fourth-order valence-electron chi connectivity index (χ4n) is 3.53. The van der Waals surface area contributed by atoms with Gasteiger partial charge >= 0.3 is 0 Å². The third-order valence-electron chi connectivity index (χ3n) is 5.12. The molecule has 0 unspecified atom stereocenters. The van der Waals surface area contributed by atoms with E-state index in [0.717, 1.165) is 17.3 Å². The van der Waals surface area contributed by atoms with E-state index < -0.39 is 11.7 Å². The minimum atomic E-state index is -0.653. The number of pyridine rings is 2. The number of aromatic nitrogens is 4. The Bertz CT molecular complexity index is 1330. The number of rotatable bonds is 7. The lowest BCUT2D eigenvalue weighted by atomic mass is 10.0. The summed E-state index contributed by atoms with van der Waals surface area (Å²) in [4.78, 5) is 29.1. The fourth-order valence-corrected chi connectivity index (χ4v) is 3.53. The lowest BCUT2D eigenvalue weighted by Gasteiger charge is -2.11. The molecule has 168 valence electrons. The normalized spacial score (nSPS) is 10.8. The van der Waals surface area contributed by atoms with Crippen LogP contribution in [0.2, 0.25) is 0 Å². The second kappa shape index (κ2) is 9.43. The molecule has 33 heavy (non-hydrogen) atoms. The zero-order valence-corrected chi connectivity index (χ0v) is 18.1. The summed E-state index contributed by atoms with van der Waals surface area (Å²) < 4.78 is 19.3. The van der Waals surface area contributed by atoms with Crippen LogP contribution in [0, 0.1) is 5.82 Å². The number of fused-ring (bicyclic) bond motifs is 1. The number of carbonyl (C=O) groups is 1. The maximum absolute atomic E-state index is 14.2. The number of methoxy groups -OCH3 is 1. The Hall–Kier alpha value is -4.34. The van der Waals surface area contributed by atoms with Crippen LogP contribution in [0.4, 0.5) is 15.9 Å². The quantitative estimate of drug-likeness (QED) is 0.395.